The number of alkyl carbamates (subject to hydrolysis) is 1. The molecule has 41 heavy (non-hydrogen) atoms. The SMILES string of the molecule is Cc1cccc(C(C(=O)Nc2c(C)cccc2C)N(C(=O)C(CCC(N)=O)NC(=O)OC(C)(C)C)C2CCC2)c1C. The molecule has 0 bridgehead atoms. The van der Waals surface area contributed by atoms with Gasteiger partial charge in [0.2, 0.25) is 11.8 Å². The van der Waals surface area contributed by atoms with Gasteiger partial charge in [0.1, 0.15) is 17.7 Å². The number of ether oxygens (including phenoxy) is 1. The number of para-hydroxylation sites is 1. The highest BCUT2D eigenvalue weighted by Crippen LogP contribution is 2.36. The molecule has 4 N–H and O–H groups in total. The number of hydrogen-bond acceptors (Lipinski definition) is 5. The fraction of sp³-hybridized carbons (Fsp3) is 0.500. The quantitative estimate of drug-likeness (QED) is 0.368. The van der Waals surface area contributed by atoms with Crippen LogP contribution < -0.4 is 16.4 Å². The Hall–Kier alpha value is -3.88. The fourth-order valence-corrected chi connectivity index (χ4v) is 5.05. The van der Waals surface area contributed by atoms with E-state index < -0.39 is 35.6 Å². The number of carbonyl (C=O) groups excluding carboxylic acids is 4. The van der Waals surface area contributed by atoms with Crippen molar-refractivity contribution in [3.63, 3.8) is 0 Å². The number of benzene rings is 2. The van der Waals surface area contributed by atoms with Crippen molar-refractivity contribution in [3.8, 4) is 0 Å². The van der Waals surface area contributed by atoms with Crippen LogP contribution in [0.5, 0.6) is 0 Å². The summed E-state index contributed by atoms with van der Waals surface area (Å²) >= 11 is 0. The van der Waals surface area contributed by atoms with Crippen LogP contribution in [0.4, 0.5) is 10.5 Å². The second kappa shape index (κ2) is 13.2. The van der Waals surface area contributed by atoms with E-state index >= 15 is 0 Å². The number of carbonyl (C=O) groups is 4. The maximum atomic E-state index is 14.4. The van der Waals surface area contributed by atoms with Gasteiger partial charge in [-0.3, -0.25) is 14.4 Å². The minimum atomic E-state index is -1.11. The van der Waals surface area contributed by atoms with Crippen LogP contribution in [0.15, 0.2) is 36.4 Å². The average Bonchev–Trinajstić information content (AvgIpc) is 2.83. The minimum Gasteiger partial charge on any atom is -0.444 e. The largest absolute Gasteiger partial charge is 0.444 e. The molecular weight excluding hydrogens is 520 g/mol. The van der Waals surface area contributed by atoms with Crippen LogP contribution in [-0.4, -0.2) is 46.4 Å². The first-order valence-electron chi connectivity index (χ1n) is 14.2. The summed E-state index contributed by atoms with van der Waals surface area (Å²) in [6.07, 6.45) is 1.44. The van der Waals surface area contributed by atoms with E-state index in [-0.39, 0.29) is 24.8 Å². The maximum Gasteiger partial charge on any atom is 0.408 e. The highest BCUT2D eigenvalue weighted by atomic mass is 16.6. The Kier molecular flexibility index (Phi) is 10.2. The summed E-state index contributed by atoms with van der Waals surface area (Å²) in [6.45, 7) is 12.9. The second-order valence-corrected chi connectivity index (χ2v) is 12.0. The minimum absolute atomic E-state index is 0.0192. The number of primary amides is 1. The van der Waals surface area contributed by atoms with Crippen molar-refractivity contribution in [2.75, 3.05) is 5.32 Å². The van der Waals surface area contributed by atoms with Gasteiger partial charge in [0.25, 0.3) is 5.91 Å². The van der Waals surface area contributed by atoms with E-state index in [9.17, 15) is 19.2 Å². The molecule has 0 aromatic heterocycles. The van der Waals surface area contributed by atoms with Crippen molar-refractivity contribution in [3.05, 3.63) is 64.2 Å². The van der Waals surface area contributed by atoms with Crippen molar-refractivity contribution in [1.29, 1.82) is 0 Å². The lowest BCUT2D eigenvalue weighted by Crippen LogP contribution is -2.57. The van der Waals surface area contributed by atoms with Crippen molar-refractivity contribution in [2.24, 2.45) is 5.73 Å². The van der Waals surface area contributed by atoms with Crippen LogP contribution in [-0.2, 0) is 19.1 Å². The first-order chi connectivity index (χ1) is 19.2. The molecule has 4 amide bonds. The number of amides is 4. The summed E-state index contributed by atoms with van der Waals surface area (Å²) < 4.78 is 5.42. The van der Waals surface area contributed by atoms with E-state index in [4.69, 9.17) is 10.5 Å². The van der Waals surface area contributed by atoms with E-state index in [1.54, 1.807) is 25.7 Å². The molecule has 2 aromatic carbocycles. The zero-order chi connectivity index (χ0) is 30.5. The molecule has 2 aromatic rings. The average molecular weight is 565 g/mol. The number of nitrogens with two attached hydrogens (primary N) is 1. The van der Waals surface area contributed by atoms with E-state index in [0.29, 0.717) is 11.3 Å². The van der Waals surface area contributed by atoms with E-state index in [0.717, 1.165) is 41.5 Å². The van der Waals surface area contributed by atoms with Gasteiger partial charge in [-0.25, -0.2) is 4.79 Å². The number of hydrogen-bond donors (Lipinski definition) is 3. The molecule has 9 heteroatoms. The first-order valence-corrected chi connectivity index (χ1v) is 14.2. The smallest absolute Gasteiger partial charge is 0.408 e. The van der Waals surface area contributed by atoms with Gasteiger partial charge in [0, 0.05) is 18.2 Å². The standard InChI is InChI=1S/C32H44N4O5/c1-19-11-9-16-24(22(19)4)28(29(38)35-27-20(2)12-8-13-21(27)3)36(23-14-10-15-23)30(39)25(17-18-26(33)37)34-31(40)41-32(5,6)7/h8-9,11-13,16,23,25,28H,10,14-15,17-18H2,1-7H3,(H2,33,37)(H,34,40)(H,35,38). The Labute approximate surface area is 243 Å². The molecule has 0 radical (unpaired) electrons. The molecule has 1 aliphatic rings. The molecule has 0 spiro atoms. The van der Waals surface area contributed by atoms with Gasteiger partial charge in [-0.15, -0.1) is 0 Å². The molecule has 0 aliphatic heterocycles. The lowest BCUT2D eigenvalue weighted by atomic mass is 9.86. The third kappa shape index (κ3) is 8.08. The van der Waals surface area contributed by atoms with Crippen molar-refractivity contribution < 1.29 is 23.9 Å². The molecule has 9 nitrogen and oxygen atoms in total. The normalized spacial score (nSPS) is 14.8. The van der Waals surface area contributed by atoms with Crippen molar-refractivity contribution >= 4 is 29.5 Å². The van der Waals surface area contributed by atoms with Crippen LogP contribution in [0.1, 0.15) is 86.7 Å². The summed E-state index contributed by atoms with van der Waals surface area (Å²) in [5.74, 6) is -1.39. The third-order valence-corrected chi connectivity index (χ3v) is 7.59. The van der Waals surface area contributed by atoms with Gasteiger partial charge >= 0.3 is 6.09 Å². The molecule has 1 fully saturated rings. The molecule has 3 rings (SSSR count). The van der Waals surface area contributed by atoms with Gasteiger partial charge in [-0.1, -0.05) is 36.4 Å². The summed E-state index contributed by atoms with van der Waals surface area (Å²) in [5, 5.41) is 5.76. The monoisotopic (exact) mass is 564 g/mol. The topological polar surface area (TPSA) is 131 Å². The van der Waals surface area contributed by atoms with Gasteiger partial charge in [-0.05, 0) is 102 Å². The van der Waals surface area contributed by atoms with Gasteiger partial charge in [0.15, 0.2) is 0 Å². The Bertz CT molecular complexity index is 1280. The summed E-state index contributed by atoms with van der Waals surface area (Å²) in [7, 11) is 0. The second-order valence-electron chi connectivity index (χ2n) is 12.0. The van der Waals surface area contributed by atoms with Crippen LogP contribution in [0.25, 0.3) is 0 Å². The van der Waals surface area contributed by atoms with Gasteiger partial charge in [-0.2, -0.15) is 0 Å². The molecule has 2 atom stereocenters. The molecular formula is C32H44N4O5. The zero-order valence-electron chi connectivity index (χ0n) is 25.3. The van der Waals surface area contributed by atoms with E-state index in [2.05, 4.69) is 10.6 Å². The van der Waals surface area contributed by atoms with E-state index in [1.807, 2.05) is 64.1 Å². The fourth-order valence-electron chi connectivity index (χ4n) is 5.05. The zero-order valence-corrected chi connectivity index (χ0v) is 25.3. The van der Waals surface area contributed by atoms with Crippen LogP contribution in [0.3, 0.4) is 0 Å². The molecule has 0 heterocycles. The predicted molar refractivity (Wildman–Crippen MR) is 159 cm³/mol. The number of nitrogens with zero attached hydrogens (tertiary/aromatic N) is 1. The third-order valence-electron chi connectivity index (χ3n) is 7.59. The molecule has 1 saturated carbocycles. The predicted octanol–water partition coefficient (Wildman–Crippen LogP) is 5.14. The lowest BCUT2D eigenvalue weighted by molar-refractivity contribution is -0.146. The summed E-state index contributed by atoms with van der Waals surface area (Å²) in [5.41, 5.74) is 9.75. The Balaban J connectivity index is 2.10. The highest BCUT2D eigenvalue weighted by Gasteiger charge is 2.42. The molecule has 0 saturated heterocycles. The van der Waals surface area contributed by atoms with Gasteiger partial charge < -0.3 is 26.0 Å². The first kappa shape index (κ1) is 31.6. The maximum absolute atomic E-state index is 14.4. The van der Waals surface area contributed by atoms with E-state index in [1.165, 1.54) is 0 Å². The van der Waals surface area contributed by atoms with Crippen LogP contribution in [0, 0.1) is 27.7 Å². The number of aryl methyl sites for hydroxylation is 3. The molecule has 1 aliphatic carbocycles. The summed E-state index contributed by atoms with van der Waals surface area (Å²) in [6, 6.07) is 9.20. The molecule has 222 valence electrons. The highest BCUT2D eigenvalue weighted by molar-refractivity contribution is 6.00. The van der Waals surface area contributed by atoms with Crippen LogP contribution in [0.2, 0.25) is 0 Å². The summed E-state index contributed by atoms with van der Waals surface area (Å²) in [4.78, 5) is 54.8. The van der Waals surface area contributed by atoms with Crippen LogP contribution >= 0.6 is 0 Å². The number of nitrogens with one attached hydrogen (secondary N) is 2. The lowest BCUT2D eigenvalue weighted by Gasteiger charge is -2.44. The van der Waals surface area contributed by atoms with Crippen molar-refractivity contribution in [1.82, 2.24) is 10.2 Å². The Morgan fingerprint density at radius 2 is 1.56 bits per heavy atom. The number of anilines is 1. The Morgan fingerprint density at radius 1 is 0.976 bits per heavy atom. The molecule has 2 unspecified atom stereocenters. The van der Waals surface area contributed by atoms with Crippen molar-refractivity contribution in [2.45, 2.75) is 104 Å². The van der Waals surface area contributed by atoms with Gasteiger partial charge in [0.05, 0.1) is 0 Å². The number of rotatable bonds is 10. The Morgan fingerprint density at radius 3 is 2.10 bits per heavy atom.